The Labute approximate surface area is 151 Å². The van der Waals surface area contributed by atoms with Gasteiger partial charge in [-0.1, -0.05) is 48.7 Å². The minimum atomic E-state index is 0.557. The largest absolute Gasteiger partial charge is 0.490 e. The first-order valence-electron chi connectivity index (χ1n) is 9.42. The Kier molecular flexibility index (Phi) is 6.35. The van der Waals surface area contributed by atoms with Crippen LogP contribution in [0.1, 0.15) is 49.3 Å². The number of aryl methyl sites for hydroxylation is 1. The van der Waals surface area contributed by atoms with Crippen molar-refractivity contribution in [3.63, 3.8) is 0 Å². The molecule has 1 saturated carbocycles. The van der Waals surface area contributed by atoms with Crippen molar-refractivity contribution in [3.05, 3.63) is 59.2 Å². The summed E-state index contributed by atoms with van der Waals surface area (Å²) in [5.74, 6) is 1.65. The third-order valence-electron chi connectivity index (χ3n) is 4.73. The SMILES string of the molecule is CCOc1cc(CNC2CCCC2)ccc1OCc1cccc(C)c1. The van der Waals surface area contributed by atoms with E-state index in [0.717, 1.165) is 18.0 Å². The van der Waals surface area contributed by atoms with Crippen LogP contribution in [0.25, 0.3) is 0 Å². The highest BCUT2D eigenvalue weighted by Crippen LogP contribution is 2.29. The number of rotatable bonds is 8. The molecule has 2 aromatic rings. The van der Waals surface area contributed by atoms with Gasteiger partial charge in [0.05, 0.1) is 6.61 Å². The van der Waals surface area contributed by atoms with E-state index in [4.69, 9.17) is 9.47 Å². The van der Waals surface area contributed by atoms with E-state index in [1.54, 1.807) is 0 Å². The van der Waals surface area contributed by atoms with Crippen molar-refractivity contribution in [3.8, 4) is 11.5 Å². The summed E-state index contributed by atoms with van der Waals surface area (Å²) < 4.78 is 11.8. The van der Waals surface area contributed by atoms with Crippen LogP contribution in [-0.2, 0) is 13.2 Å². The van der Waals surface area contributed by atoms with Gasteiger partial charge >= 0.3 is 0 Å². The maximum Gasteiger partial charge on any atom is 0.161 e. The van der Waals surface area contributed by atoms with Crippen LogP contribution in [0.15, 0.2) is 42.5 Å². The lowest BCUT2D eigenvalue weighted by Gasteiger charge is -2.15. The molecule has 0 bridgehead atoms. The Morgan fingerprint density at radius 2 is 1.80 bits per heavy atom. The van der Waals surface area contributed by atoms with Crippen LogP contribution >= 0.6 is 0 Å². The van der Waals surface area contributed by atoms with E-state index in [1.165, 1.54) is 42.4 Å². The van der Waals surface area contributed by atoms with Crippen molar-refractivity contribution < 1.29 is 9.47 Å². The molecule has 1 N–H and O–H groups in total. The van der Waals surface area contributed by atoms with Gasteiger partial charge in [-0.2, -0.15) is 0 Å². The number of hydrogen-bond acceptors (Lipinski definition) is 3. The van der Waals surface area contributed by atoms with Crippen LogP contribution in [0.3, 0.4) is 0 Å². The van der Waals surface area contributed by atoms with Crippen molar-refractivity contribution in [2.24, 2.45) is 0 Å². The fourth-order valence-electron chi connectivity index (χ4n) is 3.41. The molecule has 0 unspecified atom stereocenters. The number of nitrogens with one attached hydrogen (secondary N) is 1. The van der Waals surface area contributed by atoms with E-state index in [-0.39, 0.29) is 0 Å². The van der Waals surface area contributed by atoms with Crippen molar-refractivity contribution in [1.29, 1.82) is 0 Å². The highest BCUT2D eigenvalue weighted by molar-refractivity contribution is 5.43. The zero-order valence-electron chi connectivity index (χ0n) is 15.4. The Morgan fingerprint density at radius 1 is 0.960 bits per heavy atom. The summed E-state index contributed by atoms with van der Waals surface area (Å²) in [4.78, 5) is 0. The van der Waals surface area contributed by atoms with E-state index in [9.17, 15) is 0 Å². The van der Waals surface area contributed by atoms with Crippen LogP contribution in [-0.4, -0.2) is 12.6 Å². The molecule has 1 aliphatic carbocycles. The van der Waals surface area contributed by atoms with Gasteiger partial charge in [0.2, 0.25) is 0 Å². The molecule has 0 atom stereocenters. The molecule has 3 heteroatoms. The third-order valence-corrected chi connectivity index (χ3v) is 4.73. The van der Waals surface area contributed by atoms with Crippen molar-refractivity contribution in [2.45, 2.75) is 58.7 Å². The number of benzene rings is 2. The maximum atomic E-state index is 6.02. The second-order valence-electron chi connectivity index (χ2n) is 6.85. The normalized spacial score (nSPS) is 14.6. The second kappa shape index (κ2) is 8.91. The topological polar surface area (TPSA) is 30.5 Å². The Hall–Kier alpha value is -2.00. The minimum absolute atomic E-state index is 0.557. The van der Waals surface area contributed by atoms with Gasteiger partial charge in [-0.25, -0.2) is 0 Å². The maximum absolute atomic E-state index is 6.02. The summed E-state index contributed by atoms with van der Waals surface area (Å²) in [6, 6.07) is 15.4. The van der Waals surface area contributed by atoms with Crippen LogP contribution in [0.4, 0.5) is 0 Å². The zero-order valence-corrected chi connectivity index (χ0v) is 15.4. The summed E-state index contributed by atoms with van der Waals surface area (Å²) >= 11 is 0. The second-order valence-corrected chi connectivity index (χ2v) is 6.85. The average Bonchev–Trinajstić information content (AvgIpc) is 3.13. The van der Waals surface area contributed by atoms with E-state index in [0.29, 0.717) is 19.3 Å². The van der Waals surface area contributed by atoms with Gasteiger partial charge in [0.15, 0.2) is 11.5 Å². The quantitative estimate of drug-likeness (QED) is 0.734. The lowest BCUT2D eigenvalue weighted by Crippen LogP contribution is -2.25. The molecule has 3 rings (SSSR count). The first-order chi connectivity index (χ1) is 12.2. The molecule has 25 heavy (non-hydrogen) atoms. The van der Waals surface area contributed by atoms with Crippen LogP contribution in [0.2, 0.25) is 0 Å². The lowest BCUT2D eigenvalue weighted by atomic mass is 10.1. The molecule has 2 aromatic carbocycles. The molecule has 0 radical (unpaired) electrons. The summed E-state index contributed by atoms with van der Waals surface area (Å²) in [5, 5.41) is 3.65. The van der Waals surface area contributed by atoms with Crippen LogP contribution in [0.5, 0.6) is 11.5 Å². The fraction of sp³-hybridized carbons (Fsp3) is 0.455. The monoisotopic (exact) mass is 339 g/mol. The average molecular weight is 339 g/mol. The number of hydrogen-bond donors (Lipinski definition) is 1. The van der Waals surface area contributed by atoms with Crippen molar-refractivity contribution in [1.82, 2.24) is 5.32 Å². The first kappa shape index (κ1) is 17.8. The predicted octanol–water partition coefficient (Wildman–Crippen LogP) is 5.00. The van der Waals surface area contributed by atoms with Gasteiger partial charge in [-0.3, -0.25) is 0 Å². The first-order valence-corrected chi connectivity index (χ1v) is 9.42. The Bertz CT molecular complexity index is 677. The van der Waals surface area contributed by atoms with Gasteiger partial charge in [0.1, 0.15) is 6.61 Å². The molecular formula is C22H29NO2. The Morgan fingerprint density at radius 3 is 2.56 bits per heavy atom. The van der Waals surface area contributed by atoms with E-state index < -0.39 is 0 Å². The van der Waals surface area contributed by atoms with Gasteiger partial charge in [0.25, 0.3) is 0 Å². The molecule has 0 spiro atoms. The van der Waals surface area contributed by atoms with Crippen LogP contribution in [0, 0.1) is 6.92 Å². The van der Waals surface area contributed by atoms with E-state index in [2.05, 4.69) is 48.6 Å². The lowest BCUT2D eigenvalue weighted by molar-refractivity contribution is 0.269. The van der Waals surface area contributed by atoms with Gasteiger partial charge in [-0.15, -0.1) is 0 Å². The Balaban J connectivity index is 1.63. The van der Waals surface area contributed by atoms with Crippen LogP contribution < -0.4 is 14.8 Å². The summed E-state index contributed by atoms with van der Waals surface area (Å²) in [7, 11) is 0. The van der Waals surface area contributed by atoms with Crippen molar-refractivity contribution in [2.75, 3.05) is 6.61 Å². The molecule has 1 aliphatic rings. The smallest absolute Gasteiger partial charge is 0.161 e. The fourth-order valence-corrected chi connectivity index (χ4v) is 3.41. The van der Waals surface area contributed by atoms with Crippen molar-refractivity contribution >= 4 is 0 Å². The zero-order chi connectivity index (χ0) is 17.5. The molecule has 0 amide bonds. The minimum Gasteiger partial charge on any atom is -0.490 e. The van der Waals surface area contributed by atoms with E-state index >= 15 is 0 Å². The summed E-state index contributed by atoms with van der Waals surface area (Å²) in [6.45, 7) is 6.19. The highest BCUT2D eigenvalue weighted by atomic mass is 16.5. The highest BCUT2D eigenvalue weighted by Gasteiger charge is 2.14. The number of ether oxygens (including phenoxy) is 2. The predicted molar refractivity (Wildman–Crippen MR) is 102 cm³/mol. The van der Waals surface area contributed by atoms with Gasteiger partial charge in [-0.05, 0) is 49.9 Å². The summed E-state index contributed by atoms with van der Waals surface area (Å²) in [5.41, 5.74) is 3.67. The third kappa shape index (κ3) is 5.23. The molecular weight excluding hydrogens is 310 g/mol. The molecule has 3 nitrogen and oxygen atoms in total. The van der Waals surface area contributed by atoms with Gasteiger partial charge < -0.3 is 14.8 Å². The molecule has 0 heterocycles. The molecule has 134 valence electrons. The standard InChI is InChI=1S/C22H29NO2/c1-3-24-22-14-18(15-23-20-9-4-5-10-20)11-12-21(22)25-16-19-8-6-7-17(2)13-19/h6-8,11-14,20,23H,3-5,9-10,15-16H2,1-2H3. The molecule has 0 saturated heterocycles. The molecule has 0 aliphatic heterocycles. The van der Waals surface area contributed by atoms with Gasteiger partial charge in [0, 0.05) is 12.6 Å². The summed E-state index contributed by atoms with van der Waals surface area (Å²) in [6.07, 6.45) is 5.31. The molecule has 0 aromatic heterocycles. The van der Waals surface area contributed by atoms with E-state index in [1.807, 2.05) is 13.0 Å². The molecule has 1 fully saturated rings.